The Labute approximate surface area is 50.3 Å². The maximum absolute atomic E-state index is 5.85. The van der Waals surface area contributed by atoms with Crippen molar-refractivity contribution >= 4 is 0 Å². The molecule has 0 heterocycles. The predicted octanol–water partition coefficient (Wildman–Crippen LogP) is 1.28. The first kappa shape index (κ1) is 4.80. The summed E-state index contributed by atoms with van der Waals surface area (Å²) in [5, 5.41) is 0. The molecular weight excluding hydrogens is 98.1 g/mol. The van der Waals surface area contributed by atoms with Crippen molar-refractivity contribution in [1.82, 2.24) is 0 Å². The van der Waals surface area contributed by atoms with Crippen molar-refractivity contribution in [3.8, 4) is 0 Å². The van der Waals surface area contributed by atoms with Gasteiger partial charge in [-0.05, 0) is 24.7 Å². The summed E-state index contributed by atoms with van der Waals surface area (Å²) in [5.41, 5.74) is 6.92. The van der Waals surface area contributed by atoms with Gasteiger partial charge in [-0.1, -0.05) is 13.3 Å². The minimum atomic E-state index is 0.329. The van der Waals surface area contributed by atoms with Crippen LogP contribution in [0.3, 0.4) is 0 Å². The molecule has 0 spiro atoms. The van der Waals surface area contributed by atoms with Crippen LogP contribution in [0, 0.1) is 5.41 Å². The predicted molar refractivity (Wildman–Crippen MR) is 33.5 cm³/mol. The van der Waals surface area contributed by atoms with Crippen molar-refractivity contribution < 1.29 is 0 Å². The summed E-state index contributed by atoms with van der Waals surface area (Å²) in [5.74, 6) is 0. The van der Waals surface area contributed by atoms with E-state index in [1.165, 1.54) is 25.7 Å². The molecule has 0 saturated heterocycles. The Kier molecular flexibility index (Phi) is 0.583. The molecule has 0 aromatic carbocycles. The largest absolute Gasteiger partial charge is 0.325 e. The van der Waals surface area contributed by atoms with Gasteiger partial charge in [0.1, 0.15) is 0 Å². The van der Waals surface area contributed by atoms with E-state index < -0.39 is 0 Å². The molecule has 0 aromatic heterocycles. The number of nitrogens with two attached hydrogens (primary N) is 1. The van der Waals surface area contributed by atoms with E-state index in [0.29, 0.717) is 5.54 Å². The Hall–Kier alpha value is -0.0400. The van der Waals surface area contributed by atoms with Gasteiger partial charge in [0.25, 0.3) is 0 Å². The Morgan fingerprint density at radius 2 is 1.88 bits per heavy atom. The Balaban J connectivity index is 2.04. The Bertz CT molecular complexity index is 109. The molecule has 1 heteroatoms. The second-order valence-corrected chi connectivity index (χ2v) is 3.75. The first-order chi connectivity index (χ1) is 3.68. The average Bonchev–Trinajstić information content (AvgIpc) is 1.55. The molecule has 8 heavy (non-hydrogen) atoms. The van der Waals surface area contributed by atoms with E-state index in [9.17, 15) is 0 Å². The molecule has 46 valence electrons. The normalized spacial score (nSPS) is 59.2. The van der Waals surface area contributed by atoms with Crippen LogP contribution >= 0.6 is 0 Å². The summed E-state index contributed by atoms with van der Waals surface area (Å²) < 4.78 is 0. The number of hydrogen-bond donors (Lipinski definition) is 1. The summed E-state index contributed by atoms with van der Waals surface area (Å²) in [7, 11) is 0. The van der Waals surface area contributed by atoms with Crippen molar-refractivity contribution in [2.75, 3.05) is 0 Å². The van der Waals surface area contributed by atoms with Crippen LogP contribution in [0.2, 0.25) is 0 Å². The van der Waals surface area contributed by atoms with Gasteiger partial charge in [-0.15, -0.1) is 0 Å². The van der Waals surface area contributed by atoms with Gasteiger partial charge >= 0.3 is 0 Å². The van der Waals surface area contributed by atoms with Gasteiger partial charge in [0, 0.05) is 5.54 Å². The van der Waals surface area contributed by atoms with Crippen molar-refractivity contribution in [2.45, 2.75) is 38.1 Å². The Morgan fingerprint density at radius 3 is 2.00 bits per heavy atom. The molecule has 3 saturated carbocycles. The molecule has 0 amide bonds. The molecule has 0 unspecified atom stereocenters. The highest BCUT2D eigenvalue weighted by Crippen LogP contribution is 2.67. The van der Waals surface area contributed by atoms with Gasteiger partial charge in [-0.25, -0.2) is 0 Å². The van der Waals surface area contributed by atoms with Gasteiger partial charge in [0.05, 0.1) is 0 Å². The van der Waals surface area contributed by atoms with Gasteiger partial charge in [-0.2, -0.15) is 0 Å². The summed E-state index contributed by atoms with van der Waals surface area (Å²) in [6.07, 6.45) is 5.30. The van der Waals surface area contributed by atoms with Gasteiger partial charge in [-0.3, -0.25) is 0 Å². The van der Waals surface area contributed by atoms with E-state index in [1.807, 2.05) is 0 Å². The lowest BCUT2D eigenvalue weighted by Gasteiger charge is -2.69. The molecule has 3 aliphatic carbocycles. The zero-order valence-corrected chi connectivity index (χ0v) is 5.41. The van der Waals surface area contributed by atoms with Gasteiger partial charge in [0.2, 0.25) is 0 Å². The van der Waals surface area contributed by atoms with Gasteiger partial charge < -0.3 is 5.73 Å². The monoisotopic (exact) mass is 111 g/mol. The van der Waals surface area contributed by atoms with Crippen LogP contribution in [0.25, 0.3) is 0 Å². The standard InChI is InChI=1S/C7H13N/c1-2-6-3-7(8,4-6)5-6/h2-5,8H2,1H3. The third kappa shape index (κ3) is 0.334. The SMILES string of the molecule is CCC12CC(N)(C1)C2. The lowest BCUT2D eigenvalue weighted by molar-refractivity contribution is -0.133. The van der Waals surface area contributed by atoms with Crippen LogP contribution < -0.4 is 5.73 Å². The fourth-order valence-electron chi connectivity index (χ4n) is 2.46. The molecule has 1 nitrogen and oxygen atoms in total. The molecule has 2 N–H and O–H groups in total. The van der Waals surface area contributed by atoms with E-state index in [1.54, 1.807) is 0 Å². The molecule has 2 bridgehead atoms. The van der Waals surface area contributed by atoms with Crippen LogP contribution in [-0.2, 0) is 0 Å². The molecule has 0 radical (unpaired) electrons. The fourth-order valence-corrected chi connectivity index (χ4v) is 2.46. The van der Waals surface area contributed by atoms with Crippen molar-refractivity contribution in [1.29, 1.82) is 0 Å². The summed E-state index contributed by atoms with van der Waals surface area (Å²) in [6, 6.07) is 0. The molecule has 0 aliphatic heterocycles. The summed E-state index contributed by atoms with van der Waals surface area (Å²) in [6.45, 7) is 2.28. The van der Waals surface area contributed by atoms with Crippen LogP contribution in [0.15, 0.2) is 0 Å². The highest BCUT2D eigenvalue weighted by molar-refractivity contribution is 5.20. The number of rotatable bonds is 1. The van der Waals surface area contributed by atoms with E-state index >= 15 is 0 Å². The summed E-state index contributed by atoms with van der Waals surface area (Å²) >= 11 is 0. The van der Waals surface area contributed by atoms with E-state index in [0.717, 1.165) is 5.41 Å². The molecule has 0 atom stereocenters. The zero-order chi connectivity index (χ0) is 5.83. The molecule has 3 aliphatic rings. The first-order valence-electron chi connectivity index (χ1n) is 3.47. The minimum Gasteiger partial charge on any atom is -0.325 e. The smallest absolute Gasteiger partial charge is 0.0170 e. The van der Waals surface area contributed by atoms with E-state index in [-0.39, 0.29) is 0 Å². The quantitative estimate of drug-likeness (QED) is 0.542. The van der Waals surface area contributed by atoms with Crippen molar-refractivity contribution in [3.05, 3.63) is 0 Å². The lowest BCUT2D eigenvalue weighted by atomic mass is 9.39. The lowest BCUT2D eigenvalue weighted by Crippen LogP contribution is -2.71. The van der Waals surface area contributed by atoms with E-state index in [4.69, 9.17) is 5.73 Å². The Morgan fingerprint density at radius 1 is 1.38 bits per heavy atom. The van der Waals surface area contributed by atoms with Crippen molar-refractivity contribution in [2.24, 2.45) is 11.1 Å². The third-order valence-electron chi connectivity index (χ3n) is 2.93. The van der Waals surface area contributed by atoms with Crippen LogP contribution in [0.4, 0.5) is 0 Å². The first-order valence-corrected chi connectivity index (χ1v) is 3.47. The highest BCUT2D eigenvalue weighted by atomic mass is 14.9. The van der Waals surface area contributed by atoms with Crippen LogP contribution in [0.5, 0.6) is 0 Å². The second-order valence-electron chi connectivity index (χ2n) is 3.75. The minimum absolute atomic E-state index is 0.329. The fraction of sp³-hybridized carbons (Fsp3) is 1.00. The molecule has 3 rings (SSSR count). The topological polar surface area (TPSA) is 26.0 Å². The average molecular weight is 111 g/mol. The zero-order valence-electron chi connectivity index (χ0n) is 5.41. The van der Waals surface area contributed by atoms with Gasteiger partial charge in [0.15, 0.2) is 0 Å². The molecule has 0 aromatic rings. The van der Waals surface area contributed by atoms with E-state index in [2.05, 4.69) is 6.92 Å². The van der Waals surface area contributed by atoms with Crippen molar-refractivity contribution in [3.63, 3.8) is 0 Å². The maximum Gasteiger partial charge on any atom is 0.0170 e. The molecule has 3 fully saturated rings. The summed E-state index contributed by atoms with van der Waals surface area (Å²) in [4.78, 5) is 0. The second kappa shape index (κ2) is 0.971. The van der Waals surface area contributed by atoms with Crippen LogP contribution in [-0.4, -0.2) is 5.54 Å². The molecular formula is C7H13N. The highest BCUT2D eigenvalue weighted by Gasteiger charge is 2.64. The third-order valence-corrected chi connectivity index (χ3v) is 2.93. The van der Waals surface area contributed by atoms with Crippen LogP contribution in [0.1, 0.15) is 32.6 Å². The maximum atomic E-state index is 5.85. The number of hydrogen-bond acceptors (Lipinski definition) is 1.